The smallest absolute Gasteiger partial charge is 0.319 e. The molecule has 0 saturated heterocycles. The monoisotopic (exact) mass is 324 g/mol. The predicted molar refractivity (Wildman–Crippen MR) is 87.5 cm³/mol. The highest BCUT2D eigenvalue weighted by Gasteiger charge is 2.20. The number of hydrogen-bond acceptors (Lipinski definition) is 3. The molecular weight excluding hydrogens is 304 g/mol. The first kappa shape index (κ1) is 16.6. The second kappa shape index (κ2) is 7.51. The zero-order chi connectivity index (χ0) is 16.1. The van der Waals surface area contributed by atoms with Gasteiger partial charge in [-0.1, -0.05) is 23.8 Å². The van der Waals surface area contributed by atoms with Crippen LogP contribution in [0.2, 0.25) is 5.02 Å². The summed E-state index contributed by atoms with van der Waals surface area (Å²) in [7, 11) is 0. The Bertz CT molecular complexity index is 560. The van der Waals surface area contributed by atoms with Crippen molar-refractivity contribution < 1.29 is 14.6 Å². The summed E-state index contributed by atoms with van der Waals surface area (Å²) in [5.41, 5.74) is 0.524. The molecule has 1 aromatic rings. The fourth-order valence-electron chi connectivity index (χ4n) is 2.29. The highest BCUT2D eigenvalue weighted by atomic mass is 35.5. The van der Waals surface area contributed by atoms with Crippen LogP contribution in [-0.2, 0) is 0 Å². The minimum atomic E-state index is -0.326. The fraction of sp³-hybridized carbons (Fsp3) is 0.438. The van der Waals surface area contributed by atoms with Crippen molar-refractivity contribution in [1.82, 2.24) is 5.32 Å². The highest BCUT2D eigenvalue weighted by Crippen LogP contribution is 2.27. The van der Waals surface area contributed by atoms with Crippen molar-refractivity contribution >= 4 is 23.3 Å². The first-order valence-corrected chi connectivity index (χ1v) is 7.68. The van der Waals surface area contributed by atoms with Gasteiger partial charge in [0.05, 0.1) is 16.8 Å². The van der Waals surface area contributed by atoms with E-state index in [9.17, 15) is 4.79 Å². The lowest BCUT2D eigenvalue weighted by atomic mass is 10.1. The van der Waals surface area contributed by atoms with Gasteiger partial charge >= 0.3 is 6.03 Å². The van der Waals surface area contributed by atoms with E-state index in [1.807, 2.05) is 26.0 Å². The lowest BCUT2D eigenvalue weighted by Gasteiger charge is -2.15. The summed E-state index contributed by atoms with van der Waals surface area (Å²) >= 11 is 6.15. The van der Waals surface area contributed by atoms with Crippen LogP contribution < -0.4 is 15.4 Å². The molecule has 0 radical (unpaired) electrons. The summed E-state index contributed by atoms with van der Waals surface area (Å²) < 4.78 is 5.54. The molecule has 0 heterocycles. The van der Waals surface area contributed by atoms with Gasteiger partial charge in [0.25, 0.3) is 0 Å². The van der Waals surface area contributed by atoms with Crippen LogP contribution >= 0.6 is 11.6 Å². The van der Waals surface area contributed by atoms with Crippen molar-refractivity contribution in [3.8, 4) is 5.75 Å². The summed E-state index contributed by atoms with van der Waals surface area (Å²) in [5, 5.41) is 15.0. The Morgan fingerprint density at radius 1 is 1.45 bits per heavy atom. The third-order valence-electron chi connectivity index (χ3n) is 3.28. The molecule has 0 bridgehead atoms. The molecule has 3 N–H and O–H groups in total. The minimum absolute atomic E-state index is 0.0619. The van der Waals surface area contributed by atoms with Gasteiger partial charge in [-0.3, -0.25) is 0 Å². The van der Waals surface area contributed by atoms with Gasteiger partial charge in [-0.25, -0.2) is 4.79 Å². The zero-order valence-electron chi connectivity index (χ0n) is 12.7. The van der Waals surface area contributed by atoms with Crippen LogP contribution in [0.15, 0.2) is 30.4 Å². The summed E-state index contributed by atoms with van der Waals surface area (Å²) in [6.45, 7) is 3.96. The molecule has 0 unspecified atom stereocenters. The molecule has 2 atom stereocenters. The molecule has 22 heavy (non-hydrogen) atoms. The van der Waals surface area contributed by atoms with Crippen LogP contribution in [0.1, 0.15) is 20.3 Å². The molecule has 1 aliphatic rings. The maximum Gasteiger partial charge on any atom is 0.319 e. The lowest BCUT2D eigenvalue weighted by molar-refractivity contribution is 0.238. The van der Waals surface area contributed by atoms with E-state index in [-0.39, 0.29) is 30.7 Å². The molecule has 0 fully saturated rings. The average molecular weight is 325 g/mol. The van der Waals surface area contributed by atoms with E-state index >= 15 is 0 Å². The Kier molecular flexibility index (Phi) is 5.69. The Morgan fingerprint density at radius 3 is 2.82 bits per heavy atom. The quantitative estimate of drug-likeness (QED) is 0.728. The normalized spacial score (nSPS) is 20.2. The first-order valence-electron chi connectivity index (χ1n) is 7.31. The number of carbonyl (C=O) groups is 1. The third kappa shape index (κ3) is 4.64. The summed E-state index contributed by atoms with van der Waals surface area (Å²) in [4.78, 5) is 12.0. The number of anilines is 1. The molecule has 1 aromatic carbocycles. The third-order valence-corrected chi connectivity index (χ3v) is 3.60. The molecular formula is C16H21ClN2O3. The average Bonchev–Trinajstić information content (AvgIpc) is 2.89. The van der Waals surface area contributed by atoms with Gasteiger partial charge in [-0.15, -0.1) is 0 Å². The number of aliphatic hydroxyl groups is 1. The van der Waals surface area contributed by atoms with Crippen LogP contribution in [0.3, 0.4) is 0 Å². The number of hydrogen-bond donors (Lipinski definition) is 3. The molecule has 6 heteroatoms. The molecule has 0 aromatic heterocycles. The van der Waals surface area contributed by atoms with Crippen molar-refractivity contribution in [2.24, 2.45) is 5.92 Å². The molecule has 120 valence electrons. The van der Waals surface area contributed by atoms with E-state index in [4.69, 9.17) is 21.4 Å². The highest BCUT2D eigenvalue weighted by molar-refractivity contribution is 6.33. The Morgan fingerprint density at radius 2 is 2.23 bits per heavy atom. The Hall–Kier alpha value is -1.72. The standard InChI is InChI=1S/C16H21ClN2O3/c1-10(2)22-13-5-6-15(14(17)8-13)19-16(21)18-12-4-3-11(7-12)9-20/h3-6,8,10-12,20H,7,9H2,1-2H3,(H2,18,19,21)/t11-,12+/m0/s1. The van der Waals surface area contributed by atoms with Crippen molar-refractivity contribution in [3.63, 3.8) is 0 Å². The SMILES string of the molecule is CC(C)Oc1ccc(NC(=O)N[C@@H]2C=C[C@H](CO)C2)c(Cl)c1. The van der Waals surface area contributed by atoms with E-state index < -0.39 is 0 Å². The second-order valence-electron chi connectivity index (χ2n) is 5.58. The second-order valence-corrected chi connectivity index (χ2v) is 5.98. The Balaban J connectivity index is 1.90. The molecule has 0 spiro atoms. The largest absolute Gasteiger partial charge is 0.491 e. The van der Waals surface area contributed by atoms with E-state index in [1.54, 1.807) is 18.2 Å². The number of ether oxygens (including phenoxy) is 1. The summed E-state index contributed by atoms with van der Waals surface area (Å²) in [6.07, 6.45) is 4.57. The van der Waals surface area contributed by atoms with Crippen LogP contribution in [0.4, 0.5) is 10.5 Å². The number of amides is 2. The minimum Gasteiger partial charge on any atom is -0.491 e. The van der Waals surface area contributed by atoms with Gasteiger partial charge in [0.15, 0.2) is 0 Å². The van der Waals surface area contributed by atoms with Gasteiger partial charge in [-0.2, -0.15) is 0 Å². The summed E-state index contributed by atoms with van der Waals surface area (Å²) in [5.74, 6) is 0.775. The first-order chi connectivity index (χ1) is 10.5. The van der Waals surface area contributed by atoms with E-state index in [0.29, 0.717) is 22.9 Å². The van der Waals surface area contributed by atoms with Gasteiger partial charge in [0.2, 0.25) is 0 Å². The number of rotatable bonds is 5. The molecule has 5 nitrogen and oxygen atoms in total. The van der Waals surface area contributed by atoms with E-state index in [0.717, 1.165) is 0 Å². The van der Waals surface area contributed by atoms with Gasteiger partial charge in [0, 0.05) is 24.6 Å². The van der Waals surface area contributed by atoms with Crippen LogP contribution in [-0.4, -0.2) is 29.9 Å². The number of carbonyl (C=O) groups excluding carboxylic acids is 1. The maximum absolute atomic E-state index is 12.0. The predicted octanol–water partition coefficient (Wildman–Crippen LogP) is 3.19. The lowest BCUT2D eigenvalue weighted by Crippen LogP contribution is -2.36. The molecule has 0 saturated carbocycles. The number of nitrogens with one attached hydrogen (secondary N) is 2. The number of urea groups is 1. The molecule has 0 aliphatic heterocycles. The number of benzene rings is 1. The van der Waals surface area contributed by atoms with Gasteiger partial charge < -0.3 is 20.5 Å². The van der Waals surface area contributed by atoms with Gasteiger partial charge in [-0.05, 0) is 32.4 Å². The zero-order valence-corrected chi connectivity index (χ0v) is 13.4. The number of aliphatic hydroxyl groups excluding tert-OH is 1. The number of halogens is 1. The van der Waals surface area contributed by atoms with Crippen molar-refractivity contribution in [1.29, 1.82) is 0 Å². The summed E-state index contributed by atoms with van der Waals surface area (Å²) in [6, 6.07) is 4.75. The van der Waals surface area contributed by atoms with Crippen LogP contribution in [0.5, 0.6) is 5.75 Å². The van der Waals surface area contributed by atoms with Gasteiger partial charge in [0.1, 0.15) is 5.75 Å². The molecule has 1 aliphatic carbocycles. The molecule has 2 rings (SSSR count). The fourth-order valence-corrected chi connectivity index (χ4v) is 2.50. The van der Waals surface area contributed by atoms with Crippen LogP contribution in [0, 0.1) is 5.92 Å². The molecule has 2 amide bonds. The van der Waals surface area contributed by atoms with E-state index in [2.05, 4.69) is 10.6 Å². The van der Waals surface area contributed by atoms with E-state index in [1.165, 1.54) is 0 Å². The van der Waals surface area contributed by atoms with Crippen molar-refractivity contribution in [2.45, 2.75) is 32.4 Å². The topological polar surface area (TPSA) is 70.6 Å². The van der Waals surface area contributed by atoms with Crippen LogP contribution in [0.25, 0.3) is 0 Å². The van der Waals surface area contributed by atoms with Crippen molar-refractivity contribution in [3.05, 3.63) is 35.4 Å². The Labute approximate surface area is 135 Å². The maximum atomic E-state index is 12.0. The van der Waals surface area contributed by atoms with Crippen molar-refractivity contribution in [2.75, 3.05) is 11.9 Å².